The fourth-order valence-electron chi connectivity index (χ4n) is 4.93. The fraction of sp³-hybridized carbons (Fsp3) is 0.179. The number of hydrogen-bond acceptors (Lipinski definition) is 3. The predicted molar refractivity (Wildman–Crippen MR) is 132 cm³/mol. The average Bonchev–Trinajstić information content (AvgIpc) is 2.87. The van der Waals surface area contributed by atoms with E-state index in [1.165, 1.54) is 16.7 Å². The third-order valence-electron chi connectivity index (χ3n) is 6.35. The van der Waals surface area contributed by atoms with Crippen molar-refractivity contribution in [2.24, 2.45) is 0 Å². The maximum absolute atomic E-state index is 6.16. The first-order valence-corrected chi connectivity index (χ1v) is 11.5. The van der Waals surface area contributed by atoms with Crippen LogP contribution in [0.2, 0.25) is 5.15 Å². The summed E-state index contributed by atoms with van der Waals surface area (Å²) >= 11 is 6.16. The Morgan fingerprint density at radius 2 is 1.03 bits per heavy atom. The van der Waals surface area contributed by atoms with E-state index in [0.29, 0.717) is 5.15 Å². The highest BCUT2D eigenvalue weighted by molar-refractivity contribution is 6.29. The minimum atomic E-state index is -0.363. The normalized spacial score (nSPS) is 15.0. The van der Waals surface area contributed by atoms with E-state index in [-0.39, 0.29) is 5.54 Å². The number of pyridine rings is 1. The molecular weight excluding hydrogens is 414 g/mol. The molecule has 0 atom stereocenters. The SMILES string of the molecule is Clc1cccc(N2CCN(C(c3ccccc3)(c3ccccc3)c3ccccc3)CC2)n1. The number of hydrogen-bond donors (Lipinski definition) is 0. The molecule has 5 rings (SSSR count). The zero-order valence-corrected chi connectivity index (χ0v) is 18.7. The van der Waals surface area contributed by atoms with Crippen LogP contribution in [0.4, 0.5) is 5.82 Å². The first-order chi connectivity index (χ1) is 15.8. The van der Waals surface area contributed by atoms with Gasteiger partial charge in [0.25, 0.3) is 0 Å². The summed E-state index contributed by atoms with van der Waals surface area (Å²) in [7, 11) is 0. The van der Waals surface area contributed by atoms with Gasteiger partial charge in [-0.25, -0.2) is 4.98 Å². The van der Waals surface area contributed by atoms with Gasteiger partial charge in [-0.1, -0.05) is 109 Å². The lowest BCUT2D eigenvalue weighted by molar-refractivity contribution is 0.147. The molecule has 1 saturated heterocycles. The number of nitrogens with zero attached hydrogens (tertiary/aromatic N) is 3. The summed E-state index contributed by atoms with van der Waals surface area (Å²) in [5.41, 5.74) is 3.49. The van der Waals surface area contributed by atoms with Gasteiger partial charge in [0.05, 0.1) is 5.54 Å². The highest BCUT2D eigenvalue weighted by Crippen LogP contribution is 2.43. The molecule has 0 N–H and O–H groups in total. The van der Waals surface area contributed by atoms with E-state index in [9.17, 15) is 0 Å². The minimum Gasteiger partial charge on any atom is -0.354 e. The highest BCUT2D eigenvalue weighted by Gasteiger charge is 2.43. The van der Waals surface area contributed by atoms with Gasteiger partial charge in [0.2, 0.25) is 0 Å². The van der Waals surface area contributed by atoms with Crippen molar-refractivity contribution < 1.29 is 0 Å². The summed E-state index contributed by atoms with van der Waals surface area (Å²) in [6.45, 7) is 3.60. The lowest BCUT2D eigenvalue weighted by atomic mass is 9.75. The Kier molecular flexibility index (Phi) is 5.93. The van der Waals surface area contributed by atoms with Crippen LogP contribution in [-0.2, 0) is 5.54 Å². The van der Waals surface area contributed by atoms with Crippen LogP contribution in [0.15, 0.2) is 109 Å². The summed E-state index contributed by atoms with van der Waals surface area (Å²) in [6.07, 6.45) is 0. The number of halogens is 1. The molecule has 0 aliphatic carbocycles. The third kappa shape index (κ3) is 3.79. The first kappa shape index (κ1) is 20.7. The third-order valence-corrected chi connectivity index (χ3v) is 6.56. The van der Waals surface area contributed by atoms with Crippen LogP contribution < -0.4 is 4.90 Å². The predicted octanol–water partition coefficient (Wildman–Crippen LogP) is 5.85. The second-order valence-electron chi connectivity index (χ2n) is 8.10. The molecular formula is C28H26ClN3. The number of rotatable bonds is 5. The Bertz CT molecular complexity index is 1040. The highest BCUT2D eigenvalue weighted by atomic mass is 35.5. The van der Waals surface area contributed by atoms with Gasteiger partial charge in [-0.05, 0) is 28.8 Å². The summed E-state index contributed by atoms with van der Waals surface area (Å²) < 4.78 is 0. The standard InChI is InChI=1S/C28H26ClN3/c29-26-17-10-18-27(30-26)31-19-21-32(22-20-31)28(23-11-4-1-5-12-23,24-13-6-2-7-14-24)25-15-8-3-9-16-25/h1-18H,19-22H2. The van der Waals surface area contributed by atoms with Crippen molar-refractivity contribution in [3.8, 4) is 0 Å². The lowest BCUT2D eigenvalue weighted by Crippen LogP contribution is -2.56. The van der Waals surface area contributed by atoms with Gasteiger partial charge in [0.1, 0.15) is 11.0 Å². The molecule has 0 bridgehead atoms. The molecule has 0 unspecified atom stereocenters. The van der Waals surface area contributed by atoms with Crippen LogP contribution in [0.25, 0.3) is 0 Å². The van der Waals surface area contributed by atoms with Crippen molar-refractivity contribution in [3.63, 3.8) is 0 Å². The van der Waals surface area contributed by atoms with Crippen LogP contribution in [0.5, 0.6) is 0 Å². The molecule has 0 spiro atoms. The number of anilines is 1. The number of aromatic nitrogens is 1. The molecule has 1 fully saturated rings. The first-order valence-electron chi connectivity index (χ1n) is 11.1. The second-order valence-corrected chi connectivity index (χ2v) is 8.49. The summed E-state index contributed by atoms with van der Waals surface area (Å²) in [4.78, 5) is 9.48. The number of piperazine rings is 1. The van der Waals surface area contributed by atoms with Crippen molar-refractivity contribution >= 4 is 17.4 Å². The molecule has 2 heterocycles. The van der Waals surface area contributed by atoms with Gasteiger partial charge in [0.15, 0.2) is 0 Å². The van der Waals surface area contributed by atoms with E-state index in [4.69, 9.17) is 11.6 Å². The Hall–Kier alpha value is -3.14. The molecule has 4 heteroatoms. The molecule has 0 saturated carbocycles. The Morgan fingerprint density at radius 1 is 0.562 bits per heavy atom. The molecule has 1 aliphatic heterocycles. The topological polar surface area (TPSA) is 19.4 Å². The molecule has 3 nitrogen and oxygen atoms in total. The summed E-state index contributed by atoms with van der Waals surface area (Å²) in [5.74, 6) is 0.946. The van der Waals surface area contributed by atoms with Gasteiger partial charge in [-0.15, -0.1) is 0 Å². The van der Waals surface area contributed by atoms with Gasteiger partial charge < -0.3 is 4.90 Å². The van der Waals surface area contributed by atoms with Crippen molar-refractivity contribution in [1.82, 2.24) is 9.88 Å². The quantitative estimate of drug-likeness (QED) is 0.287. The van der Waals surface area contributed by atoms with Gasteiger partial charge >= 0.3 is 0 Å². The van der Waals surface area contributed by atoms with Crippen LogP contribution in [0.3, 0.4) is 0 Å². The molecule has 1 aromatic heterocycles. The van der Waals surface area contributed by atoms with Crippen LogP contribution in [0, 0.1) is 0 Å². The zero-order chi connectivity index (χ0) is 21.8. The monoisotopic (exact) mass is 439 g/mol. The van der Waals surface area contributed by atoms with Crippen molar-refractivity contribution in [2.75, 3.05) is 31.1 Å². The minimum absolute atomic E-state index is 0.363. The fourth-order valence-corrected chi connectivity index (χ4v) is 5.09. The summed E-state index contributed by atoms with van der Waals surface area (Å²) in [5, 5.41) is 0.539. The van der Waals surface area contributed by atoms with E-state index < -0.39 is 0 Å². The molecule has 1 aliphatic rings. The van der Waals surface area contributed by atoms with Crippen molar-refractivity contribution in [3.05, 3.63) is 131 Å². The second kappa shape index (κ2) is 9.15. The van der Waals surface area contributed by atoms with Crippen LogP contribution in [-0.4, -0.2) is 36.1 Å². The largest absolute Gasteiger partial charge is 0.354 e. The van der Waals surface area contributed by atoms with E-state index in [1.807, 2.05) is 18.2 Å². The molecule has 32 heavy (non-hydrogen) atoms. The Morgan fingerprint density at radius 3 is 1.47 bits per heavy atom. The van der Waals surface area contributed by atoms with Crippen LogP contribution >= 0.6 is 11.6 Å². The van der Waals surface area contributed by atoms with Crippen LogP contribution in [0.1, 0.15) is 16.7 Å². The van der Waals surface area contributed by atoms with E-state index in [0.717, 1.165) is 32.0 Å². The Balaban J connectivity index is 1.59. The van der Waals surface area contributed by atoms with Gasteiger partial charge in [-0.2, -0.15) is 0 Å². The molecule has 4 aromatic rings. The average molecular weight is 440 g/mol. The smallest absolute Gasteiger partial charge is 0.131 e. The molecule has 0 amide bonds. The van der Waals surface area contributed by atoms with E-state index in [1.54, 1.807) is 0 Å². The maximum Gasteiger partial charge on any atom is 0.131 e. The zero-order valence-electron chi connectivity index (χ0n) is 17.9. The maximum atomic E-state index is 6.16. The molecule has 160 valence electrons. The molecule has 0 radical (unpaired) electrons. The van der Waals surface area contributed by atoms with Crippen molar-refractivity contribution in [1.29, 1.82) is 0 Å². The lowest BCUT2D eigenvalue weighted by Gasteiger charge is -2.49. The molecule has 3 aromatic carbocycles. The van der Waals surface area contributed by atoms with E-state index >= 15 is 0 Å². The van der Waals surface area contributed by atoms with Crippen molar-refractivity contribution in [2.45, 2.75) is 5.54 Å². The summed E-state index contributed by atoms with van der Waals surface area (Å²) in [6, 6.07) is 38.5. The number of benzene rings is 3. The van der Waals surface area contributed by atoms with Gasteiger partial charge in [0, 0.05) is 26.2 Å². The Labute approximate surface area is 194 Å². The van der Waals surface area contributed by atoms with E-state index in [2.05, 4.69) is 106 Å². The van der Waals surface area contributed by atoms with Gasteiger partial charge in [-0.3, -0.25) is 4.90 Å².